The van der Waals surface area contributed by atoms with E-state index in [4.69, 9.17) is 9.47 Å². The van der Waals surface area contributed by atoms with E-state index in [0.717, 1.165) is 11.4 Å². The number of allylic oxidation sites excluding steroid dienone is 1. The van der Waals surface area contributed by atoms with E-state index in [1.165, 1.54) is 6.26 Å². The lowest BCUT2D eigenvalue weighted by Crippen LogP contribution is -1.99. The van der Waals surface area contributed by atoms with E-state index < -0.39 is 5.97 Å². The summed E-state index contributed by atoms with van der Waals surface area (Å²) in [7, 11) is 0. The minimum atomic E-state index is -0.405. The van der Waals surface area contributed by atoms with Crippen LogP contribution in [-0.4, -0.2) is 12.6 Å². The van der Waals surface area contributed by atoms with Gasteiger partial charge in [0.1, 0.15) is 5.75 Å². The molecule has 0 aromatic heterocycles. The maximum atomic E-state index is 11.6. The predicted octanol–water partition coefficient (Wildman–Crippen LogP) is 5.19. The Hall–Kier alpha value is -2.95. The lowest BCUT2D eigenvalue weighted by atomic mass is 10.2. The summed E-state index contributed by atoms with van der Waals surface area (Å²) in [5.74, 6) is 0.397. The molecule has 0 heterocycles. The van der Waals surface area contributed by atoms with Crippen molar-refractivity contribution in [1.29, 1.82) is 0 Å². The van der Waals surface area contributed by atoms with Gasteiger partial charge in [-0.1, -0.05) is 6.08 Å². The minimum absolute atomic E-state index is 0.405. The first kappa shape index (κ1) is 16.4. The molecule has 5 heteroatoms. The van der Waals surface area contributed by atoms with Gasteiger partial charge in [0.25, 0.3) is 0 Å². The highest BCUT2D eigenvalue weighted by Gasteiger charge is 2.04. The second-order valence-electron chi connectivity index (χ2n) is 4.55. The average molecular weight is 310 g/mol. The molecular formula is C18H18N2O3. The number of rotatable bonds is 6. The third kappa shape index (κ3) is 5.07. The Balaban J connectivity index is 2.01. The highest BCUT2D eigenvalue weighted by Crippen LogP contribution is 2.21. The van der Waals surface area contributed by atoms with Crippen molar-refractivity contribution in [3.63, 3.8) is 0 Å². The van der Waals surface area contributed by atoms with Crippen LogP contribution in [0.4, 0.5) is 11.4 Å². The van der Waals surface area contributed by atoms with Crippen molar-refractivity contribution in [3.05, 3.63) is 66.4 Å². The van der Waals surface area contributed by atoms with Crippen LogP contribution in [0.15, 0.2) is 71.1 Å². The Labute approximate surface area is 135 Å². The molecule has 0 saturated carbocycles. The van der Waals surface area contributed by atoms with Crippen molar-refractivity contribution < 1.29 is 14.3 Å². The number of hydrogen-bond acceptors (Lipinski definition) is 5. The van der Waals surface area contributed by atoms with Crippen molar-refractivity contribution >= 4 is 17.3 Å². The van der Waals surface area contributed by atoms with Gasteiger partial charge >= 0.3 is 5.97 Å². The van der Waals surface area contributed by atoms with Crippen molar-refractivity contribution in [1.82, 2.24) is 0 Å². The minimum Gasteiger partial charge on any atom is -0.494 e. The number of nitrogens with zero attached hydrogens (tertiary/aromatic N) is 2. The maximum absolute atomic E-state index is 11.6. The van der Waals surface area contributed by atoms with Crippen molar-refractivity contribution in [2.24, 2.45) is 10.2 Å². The summed E-state index contributed by atoms with van der Waals surface area (Å²) in [4.78, 5) is 11.6. The zero-order chi connectivity index (χ0) is 16.5. The topological polar surface area (TPSA) is 60.2 Å². The molecule has 23 heavy (non-hydrogen) atoms. The fourth-order valence-corrected chi connectivity index (χ4v) is 1.75. The first-order chi connectivity index (χ1) is 11.2. The van der Waals surface area contributed by atoms with Crippen LogP contribution in [0.2, 0.25) is 0 Å². The second-order valence-corrected chi connectivity index (χ2v) is 4.55. The second kappa shape index (κ2) is 8.48. The zero-order valence-electron chi connectivity index (χ0n) is 13.1. The Kier molecular flexibility index (Phi) is 6.06. The van der Waals surface area contributed by atoms with Gasteiger partial charge in [0, 0.05) is 0 Å². The van der Waals surface area contributed by atoms with Crippen LogP contribution >= 0.6 is 0 Å². The lowest BCUT2D eigenvalue weighted by molar-refractivity contribution is 0.0662. The van der Waals surface area contributed by atoms with Crippen LogP contribution in [0.1, 0.15) is 24.2 Å². The molecule has 2 rings (SSSR count). The van der Waals surface area contributed by atoms with Gasteiger partial charge in [-0.05, 0) is 62.4 Å². The summed E-state index contributed by atoms with van der Waals surface area (Å²) in [5, 5.41) is 8.28. The Morgan fingerprint density at radius 3 is 2.09 bits per heavy atom. The largest absolute Gasteiger partial charge is 0.494 e. The van der Waals surface area contributed by atoms with E-state index in [2.05, 4.69) is 10.2 Å². The molecule has 0 aliphatic rings. The molecule has 0 atom stereocenters. The summed E-state index contributed by atoms with van der Waals surface area (Å²) >= 11 is 0. The molecule has 2 aromatic carbocycles. The van der Waals surface area contributed by atoms with E-state index in [-0.39, 0.29) is 0 Å². The van der Waals surface area contributed by atoms with E-state index in [9.17, 15) is 4.79 Å². The maximum Gasteiger partial charge on any atom is 0.342 e. The average Bonchev–Trinajstić information content (AvgIpc) is 2.60. The first-order valence-electron chi connectivity index (χ1n) is 7.29. The molecule has 118 valence electrons. The normalized spacial score (nSPS) is 11.0. The summed E-state index contributed by atoms with van der Waals surface area (Å²) in [6.07, 6.45) is 3.00. The molecule has 0 aliphatic heterocycles. The number of esters is 1. The molecule has 0 bridgehead atoms. The third-order valence-corrected chi connectivity index (χ3v) is 2.84. The van der Waals surface area contributed by atoms with Crippen LogP contribution in [0.25, 0.3) is 0 Å². The van der Waals surface area contributed by atoms with Crippen LogP contribution in [0.3, 0.4) is 0 Å². The van der Waals surface area contributed by atoms with Gasteiger partial charge < -0.3 is 9.47 Å². The molecule has 0 amide bonds. The number of hydrogen-bond donors (Lipinski definition) is 0. The van der Waals surface area contributed by atoms with E-state index >= 15 is 0 Å². The van der Waals surface area contributed by atoms with Crippen LogP contribution in [-0.2, 0) is 4.74 Å². The standard InChI is InChI=1S/C18H18N2O3/c1-3-13-23-18(21)14-5-7-15(8-6-14)19-20-16-9-11-17(12-10-16)22-4-2/h3,5-13H,4H2,1-2H3. The zero-order valence-corrected chi connectivity index (χ0v) is 13.1. The molecule has 0 unspecified atom stereocenters. The number of carbonyl (C=O) groups is 1. The SMILES string of the molecule is CC=COC(=O)c1ccc(N=Nc2ccc(OCC)cc2)cc1. The quantitative estimate of drug-likeness (QED) is 0.419. The van der Waals surface area contributed by atoms with Gasteiger partial charge in [0.2, 0.25) is 0 Å². The number of azo groups is 1. The van der Waals surface area contributed by atoms with E-state index in [1.54, 1.807) is 37.3 Å². The Morgan fingerprint density at radius 2 is 1.57 bits per heavy atom. The van der Waals surface area contributed by atoms with Crippen LogP contribution in [0.5, 0.6) is 5.75 Å². The van der Waals surface area contributed by atoms with Crippen molar-refractivity contribution in [3.8, 4) is 5.75 Å². The highest BCUT2D eigenvalue weighted by atomic mass is 16.5. The fourth-order valence-electron chi connectivity index (χ4n) is 1.75. The molecular weight excluding hydrogens is 292 g/mol. The Morgan fingerprint density at radius 1 is 1.00 bits per heavy atom. The number of carbonyl (C=O) groups excluding carboxylic acids is 1. The Bertz CT molecular complexity index is 689. The molecule has 5 nitrogen and oxygen atoms in total. The fraction of sp³-hybridized carbons (Fsp3) is 0.167. The smallest absolute Gasteiger partial charge is 0.342 e. The summed E-state index contributed by atoms with van der Waals surface area (Å²) in [6, 6.07) is 14.1. The number of benzene rings is 2. The van der Waals surface area contributed by atoms with Gasteiger partial charge in [-0.3, -0.25) is 0 Å². The molecule has 0 aliphatic carbocycles. The van der Waals surface area contributed by atoms with E-state index in [1.807, 2.05) is 31.2 Å². The summed E-state index contributed by atoms with van der Waals surface area (Å²) in [6.45, 7) is 4.34. The first-order valence-corrected chi connectivity index (χ1v) is 7.29. The van der Waals surface area contributed by atoms with Crippen molar-refractivity contribution in [2.45, 2.75) is 13.8 Å². The van der Waals surface area contributed by atoms with E-state index in [0.29, 0.717) is 17.9 Å². The molecule has 0 spiro atoms. The molecule has 2 aromatic rings. The van der Waals surface area contributed by atoms with Crippen LogP contribution < -0.4 is 4.74 Å². The molecule has 0 fully saturated rings. The monoisotopic (exact) mass is 310 g/mol. The molecule has 0 saturated heterocycles. The van der Waals surface area contributed by atoms with Gasteiger partial charge in [-0.15, -0.1) is 0 Å². The van der Waals surface area contributed by atoms with Gasteiger partial charge in [0.05, 0.1) is 29.8 Å². The van der Waals surface area contributed by atoms with Crippen molar-refractivity contribution in [2.75, 3.05) is 6.61 Å². The van der Waals surface area contributed by atoms with Crippen LogP contribution in [0, 0.1) is 0 Å². The summed E-state index contributed by atoms with van der Waals surface area (Å²) in [5.41, 5.74) is 1.84. The highest BCUT2D eigenvalue weighted by molar-refractivity contribution is 5.90. The molecule has 0 N–H and O–H groups in total. The van der Waals surface area contributed by atoms with Gasteiger partial charge in [0.15, 0.2) is 0 Å². The van der Waals surface area contributed by atoms with Gasteiger partial charge in [-0.2, -0.15) is 10.2 Å². The predicted molar refractivity (Wildman–Crippen MR) is 88.5 cm³/mol. The van der Waals surface area contributed by atoms with Gasteiger partial charge in [-0.25, -0.2) is 4.79 Å². The molecule has 0 radical (unpaired) electrons. The summed E-state index contributed by atoms with van der Waals surface area (Å²) < 4.78 is 10.3. The number of ether oxygens (including phenoxy) is 2. The lowest BCUT2D eigenvalue weighted by Gasteiger charge is -2.01. The third-order valence-electron chi connectivity index (χ3n) is 2.84.